The highest BCUT2D eigenvalue weighted by Gasteiger charge is 2.20. The van der Waals surface area contributed by atoms with Gasteiger partial charge in [0.2, 0.25) is 0 Å². The monoisotopic (exact) mass is 580 g/mol. The molecule has 0 saturated heterocycles. The van der Waals surface area contributed by atoms with E-state index >= 15 is 4.39 Å². The Morgan fingerprint density at radius 2 is 1.97 bits per heavy atom. The van der Waals surface area contributed by atoms with Gasteiger partial charge < -0.3 is 14.6 Å². The molecular weight excluding hydrogens is 554 g/mol. The minimum atomic E-state index is -1.11. The summed E-state index contributed by atoms with van der Waals surface area (Å²) >= 11 is 13.7. The lowest BCUT2D eigenvalue weighted by atomic mass is 10.00. The fourth-order valence-corrected chi connectivity index (χ4v) is 4.97. The Morgan fingerprint density at radius 1 is 1.26 bits per heavy atom. The molecule has 1 heterocycles. The number of methoxy groups -OCH3 is 1. The van der Waals surface area contributed by atoms with E-state index in [0.717, 1.165) is 17.8 Å². The Hall–Kier alpha value is -2.82. The number of nitrogens with one attached hydrogen (secondary N) is 1. The number of halogens is 3. The highest BCUT2D eigenvalue weighted by atomic mass is 35.5. The number of ether oxygens (including phenoxy) is 2. The van der Waals surface area contributed by atoms with Crippen LogP contribution in [0.4, 0.5) is 9.52 Å². The number of amides is 1. The van der Waals surface area contributed by atoms with Crippen molar-refractivity contribution in [1.29, 1.82) is 0 Å². The first kappa shape index (κ1) is 29.7. The molecule has 38 heavy (non-hydrogen) atoms. The maximum Gasteiger partial charge on any atom is 0.331 e. The molecule has 0 aliphatic heterocycles. The van der Waals surface area contributed by atoms with Gasteiger partial charge in [-0.2, -0.15) is 0 Å². The van der Waals surface area contributed by atoms with Crippen molar-refractivity contribution in [2.24, 2.45) is 0 Å². The molecule has 0 saturated carbocycles. The summed E-state index contributed by atoms with van der Waals surface area (Å²) in [5.41, 5.74) is 1.59. The molecule has 0 aliphatic carbocycles. The predicted octanol–water partition coefficient (Wildman–Crippen LogP) is 7.50. The van der Waals surface area contributed by atoms with E-state index in [0.29, 0.717) is 42.0 Å². The fraction of sp³-hybridized carbons (Fsp3) is 0.296. The molecule has 0 fully saturated rings. The zero-order valence-corrected chi connectivity index (χ0v) is 23.3. The number of aromatic nitrogens is 1. The number of hydrogen-bond donors (Lipinski definition) is 2. The van der Waals surface area contributed by atoms with Crippen LogP contribution < -0.4 is 5.32 Å². The number of carbonyl (C=O) groups is 2. The minimum Gasteiger partial charge on any atom is -0.478 e. The van der Waals surface area contributed by atoms with Gasteiger partial charge in [0.1, 0.15) is 5.82 Å². The summed E-state index contributed by atoms with van der Waals surface area (Å²) in [6.45, 7) is 4.53. The van der Waals surface area contributed by atoms with Gasteiger partial charge in [0, 0.05) is 53.5 Å². The first-order valence-corrected chi connectivity index (χ1v) is 13.4. The first-order chi connectivity index (χ1) is 18.2. The lowest BCUT2D eigenvalue weighted by molar-refractivity contribution is -0.132. The van der Waals surface area contributed by atoms with Crippen LogP contribution >= 0.6 is 34.5 Å². The number of benzene rings is 2. The number of carbonyl (C=O) groups excluding carboxylic acids is 1. The lowest BCUT2D eigenvalue weighted by Crippen LogP contribution is -2.12. The number of hydrogen-bond acceptors (Lipinski definition) is 6. The van der Waals surface area contributed by atoms with Crippen LogP contribution in [0.1, 0.15) is 54.3 Å². The van der Waals surface area contributed by atoms with Crippen LogP contribution in [0.15, 0.2) is 41.3 Å². The Kier molecular flexibility index (Phi) is 10.8. The van der Waals surface area contributed by atoms with Gasteiger partial charge in [-0.3, -0.25) is 10.1 Å². The van der Waals surface area contributed by atoms with E-state index in [1.54, 1.807) is 30.7 Å². The molecule has 0 spiro atoms. The van der Waals surface area contributed by atoms with E-state index in [1.807, 2.05) is 6.92 Å². The summed E-state index contributed by atoms with van der Waals surface area (Å²) in [5.74, 6) is -2.07. The van der Waals surface area contributed by atoms with Crippen molar-refractivity contribution in [3.8, 4) is 11.3 Å². The van der Waals surface area contributed by atoms with Gasteiger partial charge in [0.15, 0.2) is 5.13 Å². The van der Waals surface area contributed by atoms with Crippen LogP contribution in [0.2, 0.25) is 10.0 Å². The molecule has 2 N–H and O–H groups in total. The second kappa shape index (κ2) is 13.8. The fourth-order valence-electron chi connectivity index (χ4n) is 3.67. The summed E-state index contributed by atoms with van der Waals surface area (Å²) in [7, 11) is 1.54. The molecule has 11 heteroatoms. The van der Waals surface area contributed by atoms with Crippen LogP contribution in [-0.4, -0.2) is 42.3 Å². The Balaban J connectivity index is 1.78. The molecule has 1 amide bonds. The maximum absolute atomic E-state index is 15.5. The summed E-state index contributed by atoms with van der Waals surface area (Å²) in [6, 6.07) is 7.83. The number of nitrogens with zero attached hydrogens (tertiary/aromatic N) is 1. The van der Waals surface area contributed by atoms with Crippen LogP contribution in [0.5, 0.6) is 0 Å². The van der Waals surface area contributed by atoms with E-state index in [1.165, 1.54) is 25.1 Å². The molecule has 0 bridgehead atoms. The highest BCUT2D eigenvalue weighted by Crippen LogP contribution is 2.34. The summed E-state index contributed by atoms with van der Waals surface area (Å²) in [5, 5.41) is 13.9. The standard InChI is InChI=1S/C27H27Cl2FN2O5S/c1-4-37-10-6-9-23(36-3)18-8-5-7-17(24(18)30)22-14-38-27(31-22)32-25(33)16-12-20(28)19(21(29)13-16)11-15(2)26(34)35/h5,7-8,11-14,23H,4,6,9-10H2,1-3H3,(H,34,35)(H,31,32,33)/b15-11+. The third-order valence-electron chi connectivity index (χ3n) is 5.66. The van der Waals surface area contributed by atoms with E-state index in [4.69, 9.17) is 37.8 Å². The van der Waals surface area contributed by atoms with Gasteiger partial charge in [-0.25, -0.2) is 14.2 Å². The van der Waals surface area contributed by atoms with Gasteiger partial charge in [0.25, 0.3) is 5.91 Å². The van der Waals surface area contributed by atoms with Crippen molar-refractivity contribution in [3.05, 3.63) is 73.8 Å². The molecule has 2 aromatic carbocycles. The lowest BCUT2D eigenvalue weighted by Gasteiger charge is -2.17. The van der Waals surface area contributed by atoms with Crippen molar-refractivity contribution in [2.45, 2.75) is 32.8 Å². The minimum absolute atomic E-state index is 0.0416. The van der Waals surface area contributed by atoms with Gasteiger partial charge in [0.05, 0.1) is 21.8 Å². The second-order valence-corrected chi connectivity index (χ2v) is 9.92. The van der Waals surface area contributed by atoms with Crippen molar-refractivity contribution in [3.63, 3.8) is 0 Å². The smallest absolute Gasteiger partial charge is 0.331 e. The van der Waals surface area contributed by atoms with Gasteiger partial charge in [-0.1, -0.05) is 35.3 Å². The number of anilines is 1. The SMILES string of the molecule is CCOCCCC(OC)c1cccc(-c2csc(NC(=O)c3cc(Cl)c(/C=C(\C)C(=O)O)c(Cl)c3)n2)c1F. The van der Waals surface area contributed by atoms with Gasteiger partial charge in [-0.15, -0.1) is 11.3 Å². The summed E-state index contributed by atoms with van der Waals surface area (Å²) < 4.78 is 26.4. The Morgan fingerprint density at radius 3 is 2.61 bits per heavy atom. The largest absolute Gasteiger partial charge is 0.478 e. The molecule has 0 aliphatic rings. The molecule has 7 nitrogen and oxygen atoms in total. The molecular formula is C27H27Cl2FN2O5S. The predicted molar refractivity (Wildman–Crippen MR) is 149 cm³/mol. The quantitative estimate of drug-likeness (QED) is 0.170. The number of carboxylic acid groups (broad SMARTS) is 1. The average Bonchev–Trinajstić information content (AvgIpc) is 3.34. The molecule has 1 unspecified atom stereocenters. The van der Waals surface area contributed by atoms with E-state index < -0.39 is 23.8 Å². The van der Waals surface area contributed by atoms with Crippen molar-refractivity contribution < 1.29 is 28.6 Å². The third kappa shape index (κ3) is 7.39. The van der Waals surface area contributed by atoms with Crippen LogP contribution in [0, 0.1) is 5.82 Å². The zero-order valence-electron chi connectivity index (χ0n) is 21.0. The van der Waals surface area contributed by atoms with Gasteiger partial charge >= 0.3 is 5.97 Å². The Bertz CT molecular complexity index is 1320. The van der Waals surface area contributed by atoms with Crippen molar-refractivity contribution in [2.75, 3.05) is 25.6 Å². The van der Waals surface area contributed by atoms with Crippen molar-refractivity contribution in [1.82, 2.24) is 4.98 Å². The normalized spacial score (nSPS) is 12.4. The third-order valence-corrected chi connectivity index (χ3v) is 7.04. The highest BCUT2D eigenvalue weighted by molar-refractivity contribution is 7.14. The van der Waals surface area contributed by atoms with Gasteiger partial charge in [-0.05, 0) is 51.0 Å². The Labute approximate surface area is 234 Å². The van der Waals surface area contributed by atoms with Crippen LogP contribution in [0.3, 0.4) is 0 Å². The van der Waals surface area contributed by atoms with E-state index in [-0.39, 0.29) is 26.3 Å². The number of rotatable bonds is 12. The summed E-state index contributed by atoms with van der Waals surface area (Å²) in [6.07, 6.45) is 2.23. The van der Waals surface area contributed by atoms with Crippen LogP contribution in [-0.2, 0) is 14.3 Å². The average molecular weight is 581 g/mol. The number of carboxylic acids is 1. The maximum atomic E-state index is 15.5. The number of thiazole rings is 1. The molecule has 1 aromatic heterocycles. The molecule has 1 atom stereocenters. The zero-order chi connectivity index (χ0) is 27.8. The number of aliphatic carboxylic acids is 1. The van der Waals surface area contributed by atoms with Crippen LogP contribution in [0.25, 0.3) is 17.3 Å². The molecule has 0 radical (unpaired) electrons. The molecule has 202 valence electrons. The molecule has 3 aromatic rings. The second-order valence-electron chi connectivity index (χ2n) is 8.25. The summed E-state index contributed by atoms with van der Waals surface area (Å²) in [4.78, 5) is 28.3. The first-order valence-electron chi connectivity index (χ1n) is 11.7. The van der Waals surface area contributed by atoms with E-state index in [2.05, 4.69) is 10.3 Å². The topological polar surface area (TPSA) is 97.8 Å². The molecule has 3 rings (SSSR count). The van der Waals surface area contributed by atoms with Crippen molar-refractivity contribution >= 4 is 57.6 Å². The van der Waals surface area contributed by atoms with E-state index in [9.17, 15) is 9.59 Å².